The van der Waals surface area contributed by atoms with Crippen molar-refractivity contribution in [2.45, 2.75) is 18.4 Å². The number of ether oxygens (including phenoxy) is 2. The lowest BCUT2D eigenvalue weighted by Gasteiger charge is -2.11. The van der Waals surface area contributed by atoms with Gasteiger partial charge >= 0.3 is 0 Å². The van der Waals surface area contributed by atoms with Crippen molar-refractivity contribution in [3.05, 3.63) is 52.0 Å². The number of aliphatic imine (C=N–C) groups is 1. The number of anilines is 1. The van der Waals surface area contributed by atoms with Crippen LogP contribution in [0.15, 0.2) is 41.4 Å². The molecule has 3 rings (SSSR count). The van der Waals surface area contributed by atoms with E-state index in [2.05, 4.69) is 10.3 Å². The fourth-order valence-electron chi connectivity index (χ4n) is 2.70. The molecule has 2 atom stereocenters. The Morgan fingerprint density at radius 3 is 2.46 bits per heavy atom. The molecule has 5 nitrogen and oxygen atoms in total. The third-order valence-electron chi connectivity index (χ3n) is 4.09. The van der Waals surface area contributed by atoms with Crippen LogP contribution in [0.4, 0.5) is 5.69 Å². The van der Waals surface area contributed by atoms with E-state index in [4.69, 9.17) is 38.4 Å². The lowest BCUT2D eigenvalue weighted by Crippen LogP contribution is -2.23. The number of methoxy groups -OCH3 is 2. The standard InChI is InChI=1S/C18H19Cl2N3O2.HI/c1-24-16-6-4-11(8-17(16)25-2)22-18(21)23-15-9-12(15)10-3-5-13(19)14(20)7-10;/h3-8,12,15H,9H2,1-2H3,(H3,21,22,23);1H/t12-,15+;/m0./s1. The van der Waals surface area contributed by atoms with Gasteiger partial charge in [0.1, 0.15) is 0 Å². The second kappa shape index (κ2) is 9.01. The first-order chi connectivity index (χ1) is 12.0. The molecule has 2 aromatic rings. The molecule has 26 heavy (non-hydrogen) atoms. The molecule has 0 amide bonds. The first kappa shape index (κ1) is 20.9. The summed E-state index contributed by atoms with van der Waals surface area (Å²) in [5.41, 5.74) is 7.93. The van der Waals surface area contributed by atoms with E-state index < -0.39 is 0 Å². The molecule has 140 valence electrons. The minimum atomic E-state index is 0. The highest BCUT2D eigenvalue weighted by Crippen LogP contribution is 2.44. The van der Waals surface area contributed by atoms with E-state index in [0.717, 1.165) is 17.7 Å². The molecule has 3 N–H and O–H groups in total. The van der Waals surface area contributed by atoms with Crippen molar-refractivity contribution in [1.82, 2.24) is 0 Å². The van der Waals surface area contributed by atoms with Crippen LogP contribution < -0.4 is 20.5 Å². The first-order valence-electron chi connectivity index (χ1n) is 7.79. The van der Waals surface area contributed by atoms with E-state index in [1.807, 2.05) is 36.4 Å². The zero-order valence-electron chi connectivity index (χ0n) is 14.3. The molecule has 1 fully saturated rings. The number of halogens is 3. The topological polar surface area (TPSA) is 68.9 Å². The molecule has 0 radical (unpaired) electrons. The average Bonchev–Trinajstić information content (AvgIpc) is 3.36. The molecule has 0 spiro atoms. The van der Waals surface area contributed by atoms with Crippen molar-refractivity contribution in [1.29, 1.82) is 0 Å². The quantitative estimate of drug-likeness (QED) is 0.342. The monoisotopic (exact) mass is 507 g/mol. The lowest BCUT2D eigenvalue weighted by molar-refractivity contribution is 0.355. The minimum absolute atomic E-state index is 0. The molecular weight excluding hydrogens is 488 g/mol. The predicted molar refractivity (Wildman–Crippen MR) is 118 cm³/mol. The largest absolute Gasteiger partial charge is 0.493 e. The Kier molecular flexibility index (Phi) is 7.25. The van der Waals surface area contributed by atoms with Crippen molar-refractivity contribution in [3.63, 3.8) is 0 Å². The van der Waals surface area contributed by atoms with Crippen LogP contribution in [-0.4, -0.2) is 26.2 Å². The van der Waals surface area contributed by atoms with Crippen molar-refractivity contribution in [2.75, 3.05) is 19.5 Å². The van der Waals surface area contributed by atoms with Gasteiger partial charge in [-0.15, -0.1) is 24.0 Å². The van der Waals surface area contributed by atoms with Gasteiger partial charge in [-0.1, -0.05) is 29.3 Å². The van der Waals surface area contributed by atoms with Crippen LogP contribution in [-0.2, 0) is 0 Å². The molecule has 2 aromatic carbocycles. The molecular formula is C18H20Cl2IN3O2. The van der Waals surface area contributed by atoms with Gasteiger partial charge in [0.15, 0.2) is 17.5 Å². The number of nitrogens with zero attached hydrogens (tertiary/aromatic N) is 1. The summed E-state index contributed by atoms with van der Waals surface area (Å²) in [6.45, 7) is 0. The molecule has 1 saturated carbocycles. The van der Waals surface area contributed by atoms with Crippen LogP contribution in [0, 0.1) is 0 Å². The zero-order chi connectivity index (χ0) is 18.0. The highest BCUT2D eigenvalue weighted by Gasteiger charge is 2.38. The molecule has 0 bridgehead atoms. The molecule has 1 aliphatic carbocycles. The van der Waals surface area contributed by atoms with E-state index in [-0.39, 0.29) is 30.0 Å². The van der Waals surface area contributed by atoms with Crippen LogP contribution in [0.2, 0.25) is 10.0 Å². The number of hydrogen-bond acceptors (Lipinski definition) is 3. The van der Waals surface area contributed by atoms with Gasteiger partial charge in [-0.05, 0) is 36.2 Å². The van der Waals surface area contributed by atoms with Crippen molar-refractivity contribution >= 4 is 58.8 Å². The maximum atomic E-state index is 6.07. The fraction of sp³-hybridized carbons (Fsp3) is 0.278. The zero-order valence-corrected chi connectivity index (χ0v) is 18.2. The highest BCUT2D eigenvalue weighted by atomic mass is 127. The molecule has 8 heteroatoms. The van der Waals surface area contributed by atoms with E-state index in [1.165, 1.54) is 0 Å². The lowest BCUT2D eigenvalue weighted by atomic mass is 10.1. The third-order valence-corrected chi connectivity index (χ3v) is 4.83. The Labute approximate surface area is 179 Å². The highest BCUT2D eigenvalue weighted by molar-refractivity contribution is 14.0. The first-order valence-corrected chi connectivity index (χ1v) is 8.54. The number of guanidine groups is 1. The van der Waals surface area contributed by atoms with Gasteiger partial charge in [0.2, 0.25) is 0 Å². The summed E-state index contributed by atoms with van der Waals surface area (Å²) in [5, 5.41) is 4.19. The number of nitrogens with two attached hydrogens (primary N) is 1. The molecule has 1 aliphatic rings. The van der Waals surface area contributed by atoms with Gasteiger partial charge in [-0.3, -0.25) is 0 Å². The number of benzene rings is 2. The molecule has 0 saturated heterocycles. The SMILES string of the molecule is COc1ccc(NC(N)=N[C@@H]2C[C@H]2c2ccc(Cl)c(Cl)c2)cc1OC.I. The Morgan fingerprint density at radius 1 is 1.08 bits per heavy atom. The second-order valence-corrected chi connectivity index (χ2v) is 6.61. The Balaban J connectivity index is 0.00000243. The maximum Gasteiger partial charge on any atom is 0.193 e. The van der Waals surface area contributed by atoms with Crippen molar-refractivity contribution in [2.24, 2.45) is 10.7 Å². The van der Waals surface area contributed by atoms with Gasteiger partial charge in [0.25, 0.3) is 0 Å². The van der Waals surface area contributed by atoms with Gasteiger partial charge in [-0.25, -0.2) is 4.99 Å². The summed E-state index contributed by atoms with van der Waals surface area (Å²) < 4.78 is 10.5. The van der Waals surface area contributed by atoms with Crippen LogP contribution >= 0.6 is 47.2 Å². The van der Waals surface area contributed by atoms with Crippen LogP contribution in [0.3, 0.4) is 0 Å². The Bertz CT molecular complexity index is 817. The number of nitrogens with one attached hydrogen (secondary N) is 1. The van der Waals surface area contributed by atoms with E-state index in [1.54, 1.807) is 14.2 Å². The predicted octanol–water partition coefficient (Wildman–Crippen LogP) is 4.91. The van der Waals surface area contributed by atoms with Gasteiger partial charge in [-0.2, -0.15) is 0 Å². The summed E-state index contributed by atoms with van der Waals surface area (Å²) in [6.07, 6.45) is 0.937. The van der Waals surface area contributed by atoms with E-state index in [0.29, 0.717) is 33.4 Å². The second-order valence-electron chi connectivity index (χ2n) is 5.79. The molecule has 0 aliphatic heterocycles. The summed E-state index contributed by atoms with van der Waals surface area (Å²) in [7, 11) is 3.18. The van der Waals surface area contributed by atoms with E-state index in [9.17, 15) is 0 Å². The van der Waals surface area contributed by atoms with Gasteiger partial charge < -0.3 is 20.5 Å². The van der Waals surface area contributed by atoms with Gasteiger partial charge in [0, 0.05) is 17.7 Å². The summed E-state index contributed by atoms with van der Waals surface area (Å²) in [4.78, 5) is 4.53. The molecule has 0 heterocycles. The van der Waals surface area contributed by atoms with Crippen molar-refractivity contribution < 1.29 is 9.47 Å². The maximum absolute atomic E-state index is 6.07. The molecule has 0 aromatic heterocycles. The fourth-order valence-corrected chi connectivity index (χ4v) is 3.00. The smallest absolute Gasteiger partial charge is 0.193 e. The Hall–Kier alpha value is -1.38. The number of rotatable bonds is 5. The molecule has 0 unspecified atom stereocenters. The van der Waals surface area contributed by atoms with Crippen LogP contribution in [0.25, 0.3) is 0 Å². The van der Waals surface area contributed by atoms with Crippen LogP contribution in [0.1, 0.15) is 17.9 Å². The van der Waals surface area contributed by atoms with Crippen molar-refractivity contribution in [3.8, 4) is 11.5 Å². The summed E-state index contributed by atoms with van der Waals surface area (Å²) >= 11 is 12.0. The summed E-state index contributed by atoms with van der Waals surface area (Å²) in [6, 6.07) is 11.3. The third kappa shape index (κ3) is 4.86. The Morgan fingerprint density at radius 2 is 1.81 bits per heavy atom. The van der Waals surface area contributed by atoms with E-state index >= 15 is 0 Å². The van der Waals surface area contributed by atoms with Gasteiger partial charge in [0.05, 0.1) is 30.3 Å². The minimum Gasteiger partial charge on any atom is -0.493 e. The van der Waals surface area contributed by atoms with Crippen LogP contribution in [0.5, 0.6) is 11.5 Å². The number of hydrogen-bond donors (Lipinski definition) is 2. The summed E-state index contributed by atoms with van der Waals surface area (Å²) in [5.74, 6) is 1.96. The normalized spacial score (nSPS) is 18.7. The average molecular weight is 508 g/mol.